The molecule has 3 heteroatoms. The molecule has 0 bridgehead atoms. The smallest absolute Gasteiger partial charge is 0.123 e. The first-order valence-corrected chi connectivity index (χ1v) is 10.8. The van der Waals surface area contributed by atoms with Gasteiger partial charge in [-0.2, -0.15) is 0 Å². The third kappa shape index (κ3) is 2.60. The van der Waals surface area contributed by atoms with Crippen LogP contribution in [0.3, 0.4) is 0 Å². The normalized spacial score (nSPS) is 21.6. The van der Waals surface area contributed by atoms with Crippen molar-refractivity contribution in [1.82, 2.24) is 9.47 Å². The molecule has 144 valence electrons. The van der Waals surface area contributed by atoms with Crippen LogP contribution in [0.2, 0.25) is 0 Å². The summed E-state index contributed by atoms with van der Waals surface area (Å²) in [6.07, 6.45) is 9.77. The number of rotatable bonds is 2. The van der Waals surface area contributed by atoms with Crippen molar-refractivity contribution in [2.75, 3.05) is 13.1 Å². The molecule has 1 spiro atoms. The number of hydrogen-bond donors (Lipinski definition) is 0. The summed E-state index contributed by atoms with van der Waals surface area (Å²) in [6.45, 7) is 2.41. The Morgan fingerprint density at radius 1 is 0.964 bits per heavy atom. The standard InChI is InChI=1S/C25H28N2O/c1-26-12-9-18-5-6-20(16-23(18)26)19-7-8-24-21(15-19)17-25(28-24)10-13-27(14-11-25)22-3-2-4-22/h5-9,12,15-16,22H,2-4,10-11,13-14,17H2,1H3. The van der Waals surface area contributed by atoms with E-state index >= 15 is 0 Å². The maximum Gasteiger partial charge on any atom is 0.123 e. The Bertz CT molecular complexity index is 1040. The van der Waals surface area contributed by atoms with Crippen molar-refractivity contribution in [2.45, 2.75) is 50.2 Å². The van der Waals surface area contributed by atoms with Crippen molar-refractivity contribution in [3.05, 3.63) is 54.2 Å². The fourth-order valence-electron chi connectivity index (χ4n) is 5.38. The molecule has 0 atom stereocenters. The van der Waals surface area contributed by atoms with E-state index < -0.39 is 0 Å². The number of aryl methyl sites for hydroxylation is 1. The molecule has 28 heavy (non-hydrogen) atoms. The zero-order valence-electron chi connectivity index (χ0n) is 16.7. The highest BCUT2D eigenvalue weighted by Crippen LogP contribution is 2.43. The summed E-state index contributed by atoms with van der Waals surface area (Å²) in [4.78, 5) is 2.71. The monoisotopic (exact) mass is 372 g/mol. The summed E-state index contributed by atoms with van der Waals surface area (Å²) in [5, 5.41) is 1.30. The number of ether oxygens (including phenoxy) is 1. The van der Waals surface area contributed by atoms with Crippen molar-refractivity contribution < 1.29 is 4.74 Å². The van der Waals surface area contributed by atoms with Gasteiger partial charge in [0.1, 0.15) is 11.4 Å². The Labute approximate surface area is 166 Å². The number of aromatic nitrogens is 1. The lowest BCUT2D eigenvalue weighted by atomic mass is 9.83. The Morgan fingerprint density at radius 2 is 1.75 bits per heavy atom. The van der Waals surface area contributed by atoms with Crippen LogP contribution in [0.4, 0.5) is 0 Å². The lowest BCUT2D eigenvalue weighted by Gasteiger charge is -2.45. The van der Waals surface area contributed by atoms with Gasteiger partial charge in [0.05, 0.1) is 0 Å². The van der Waals surface area contributed by atoms with Crippen molar-refractivity contribution >= 4 is 10.9 Å². The van der Waals surface area contributed by atoms with Crippen LogP contribution in [0.25, 0.3) is 22.0 Å². The van der Waals surface area contributed by atoms with E-state index in [0.717, 1.165) is 18.2 Å². The van der Waals surface area contributed by atoms with Crippen LogP contribution in [-0.2, 0) is 13.5 Å². The van der Waals surface area contributed by atoms with Gasteiger partial charge in [-0.3, -0.25) is 0 Å². The summed E-state index contributed by atoms with van der Waals surface area (Å²) in [5.41, 5.74) is 5.31. The van der Waals surface area contributed by atoms with E-state index in [0.29, 0.717) is 0 Å². The zero-order valence-corrected chi connectivity index (χ0v) is 16.7. The minimum absolute atomic E-state index is 0.0449. The summed E-state index contributed by atoms with van der Waals surface area (Å²) in [5.74, 6) is 1.11. The summed E-state index contributed by atoms with van der Waals surface area (Å²) >= 11 is 0. The van der Waals surface area contributed by atoms with Crippen molar-refractivity contribution in [3.63, 3.8) is 0 Å². The maximum atomic E-state index is 6.55. The van der Waals surface area contributed by atoms with Crippen LogP contribution in [0.1, 0.15) is 37.7 Å². The van der Waals surface area contributed by atoms with Gasteiger partial charge in [0.2, 0.25) is 0 Å². The second-order valence-corrected chi connectivity index (χ2v) is 9.11. The molecule has 3 nitrogen and oxygen atoms in total. The summed E-state index contributed by atoms with van der Waals surface area (Å²) in [6, 6.07) is 16.6. The fraction of sp³-hybridized carbons (Fsp3) is 0.440. The van der Waals surface area contributed by atoms with Gasteiger partial charge in [-0.15, -0.1) is 0 Å². The van der Waals surface area contributed by atoms with Gasteiger partial charge < -0.3 is 14.2 Å². The topological polar surface area (TPSA) is 17.4 Å². The third-order valence-electron chi connectivity index (χ3n) is 7.42. The van der Waals surface area contributed by atoms with Gasteiger partial charge in [0.25, 0.3) is 0 Å². The Hall–Kier alpha value is -2.26. The molecular weight excluding hydrogens is 344 g/mol. The Morgan fingerprint density at radius 3 is 2.54 bits per heavy atom. The average Bonchev–Trinajstić information content (AvgIpc) is 3.22. The quantitative estimate of drug-likeness (QED) is 0.618. The number of benzene rings is 2. The molecule has 0 N–H and O–H groups in total. The predicted octanol–water partition coefficient (Wildman–Crippen LogP) is 5.17. The van der Waals surface area contributed by atoms with E-state index in [-0.39, 0.29) is 5.60 Å². The van der Waals surface area contributed by atoms with Crippen molar-refractivity contribution in [1.29, 1.82) is 0 Å². The number of piperidine rings is 1. The number of nitrogens with zero attached hydrogens (tertiary/aromatic N) is 2. The molecule has 2 aromatic carbocycles. The molecule has 6 rings (SSSR count). The number of likely N-dealkylation sites (tertiary alicyclic amines) is 1. The van der Waals surface area contributed by atoms with Gasteiger partial charge in [-0.05, 0) is 59.2 Å². The largest absolute Gasteiger partial charge is 0.487 e. The Kier molecular flexibility index (Phi) is 3.64. The molecular formula is C25H28N2O. The van der Waals surface area contributed by atoms with Gasteiger partial charge >= 0.3 is 0 Å². The van der Waals surface area contributed by atoms with E-state index in [1.807, 2.05) is 0 Å². The molecule has 1 aromatic heterocycles. The molecule has 2 fully saturated rings. The fourth-order valence-corrected chi connectivity index (χ4v) is 5.38. The van der Waals surface area contributed by atoms with E-state index in [4.69, 9.17) is 4.74 Å². The Balaban J connectivity index is 1.25. The SMILES string of the molecule is Cn1ccc2ccc(-c3ccc4c(c3)CC3(CCN(C5CCC5)CC3)O4)cc21. The van der Waals surface area contributed by atoms with E-state index in [1.54, 1.807) is 0 Å². The molecule has 3 aromatic rings. The highest BCUT2D eigenvalue weighted by molar-refractivity contribution is 5.85. The van der Waals surface area contributed by atoms with Crippen LogP contribution in [0.15, 0.2) is 48.7 Å². The van der Waals surface area contributed by atoms with Gasteiger partial charge in [-0.25, -0.2) is 0 Å². The van der Waals surface area contributed by atoms with Gasteiger partial charge in [0, 0.05) is 57.2 Å². The molecule has 1 saturated carbocycles. The molecule has 0 amide bonds. The van der Waals surface area contributed by atoms with Crippen LogP contribution < -0.4 is 4.74 Å². The highest BCUT2D eigenvalue weighted by Gasteiger charge is 2.43. The summed E-state index contributed by atoms with van der Waals surface area (Å²) < 4.78 is 8.75. The van der Waals surface area contributed by atoms with E-state index in [9.17, 15) is 0 Å². The molecule has 0 unspecified atom stereocenters. The number of fused-ring (bicyclic) bond motifs is 2. The first-order valence-electron chi connectivity index (χ1n) is 10.8. The van der Waals surface area contributed by atoms with E-state index in [1.165, 1.54) is 72.8 Å². The first kappa shape index (κ1) is 16.7. The predicted molar refractivity (Wildman–Crippen MR) is 114 cm³/mol. The molecule has 0 radical (unpaired) electrons. The van der Waals surface area contributed by atoms with Crippen LogP contribution >= 0.6 is 0 Å². The molecule has 1 aliphatic carbocycles. The minimum Gasteiger partial charge on any atom is -0.487 e. The zero-order chi connectivity index (χ0) is 18.7. The summed E-state index contributed by atoms with van der Waals surface area (Å²) in [7, 11) is 2.11. The minimum atomic E-state index is 0.0449. The van der Waals surface area contributed by atoms with Crippen LogP contribution in [-0.4, -0.2) is 34.2 Å². The highest BCUT2D eigenvalue weighted by atomic mass is 16.5. The molecule has 2 aliphatic heterocycles. The lowest BCUT2D eigenvalue weighted by Crippen LogP contribution is -2.52. The second kappa shape index (κ2) is 6.12. The average molecular weight is 373 g/mol. The van der Waals surface area contributed by atoms with Crippen molar-refractivity contribution in [2.24, 2.45) is 7.05 Å². The van der Waals surface area contributed by atoms with E-state index in [2.05, 4.69) is 65.2 Å². The maximum absolute atomic E-state index is 6.55. The molecule has 3 aliphatic rings. The lowest BCUT2D eigenvalue weighted by molar-refractivity contribution is -0.00746. The van der Waals surface area contributed by atoms with Crippen molar-refractivity contribution in [3.8, 4) is 16.9 Å². The second-order valence-electron chi connectivity index (χ2n) is 9.11. The third-order valence-corrected chi connectivity index (χ3v) is 7.42. The molecule has 1 saturated heterocycles. The number of hydrogen-bond acceptors (Lipinski definition) is 2. The van der Waals surface area contributed by atoms with Gasteiger partial charge in [-0.1, -0.05) is 24.6 Å². The molecule has 3 heterocycles. The van der Waals surface area contributed by atoms with Crippen LogP contribution in [0.5, 0.6) is 5.75 Å². The van der Waals surface area contributed by atoms with Crippen LogP contribution in [0, 0.1) is 0 Å². The van der Waals surface area contributed by atoms with Gasteiger partial charge in [0.15, 0.2) is 0 Å². The first-order chi connectivity index (χ1) is 13.7.